The lowest BCUT2D eigenvalue weighted by Gasteiger charge is -2.09. The van der Waals surface area contributed by atoms with Gasteiger partial charge < -0.3 is 14.2 Å². The number of ether oxygens (including phenoxy) is 3. The molecule has 0 atom stereocenters. The van der Waals surface area contributed by atoms with Crippen molar-refractivity contribution in [2.45, 2.75) is 0 Å². The van der Waals surface area contributed by atoms with Crippen molar-refractivity contribution >= 4 is 22.4 Å². The molecule has 0 aliphatic carbocycles. The second kappa shape index (κ2) is 11.1. The molecular weight excluding hydrogens is 538 g/mol. The quantitative estimate of drug-likeness (QED) is 0.233. The smallest absolute Gasteiger partial charge is 0.291 e. The molecule has 0 aliphatic rings. The van der Waals surface area contributed by atoms with Crippen LogP contribution in [0.25, 0.3) is 39.4 Å². The van der Waals surface area contributed by atoms with Gasteiger partial charge in [-0.3, -0.25) is 4.79 Å². The Kier molecular flexibility index (Phi) is 7.05. The molecule has 0 fully saturated rings. The molecule has 0 aliphatic heterocycles. The molecule has 0 unspecified atom stereocenters. The van der Waals surface area contributed by atoms with Gasteiger partial charge in [-0.1, -0.05) is 42.2 Å². The van der Waals surface area contributed by atoms with E-state index in [-0.39, 0.29) is 5.56 Å². The van der Waals surface area contributed by atoms with Gasteiger partial charge in [-0.25, -0.2) is 4.68 Å². The molecule has 0 N–H and O–H groups in total. The van der Waals surface area contributed by atoms with Crippen LogP contribution >= 0.6 is 11.3 Å². The second-order valence-corrected chi connectivity index (χ2v) is 9.96. The van der Waals surface area contributed by atoms with Crippen molar-refractivity contribution in [1.29, 1.82) is 0 Å². The Morgan fingerprint density at radius 3 is 2.39 bits per heavy atom. The SMILES string of the molecule is C=CCOc1ccc(-c2nc3s/c(=C\c4cn(-c5ccccc5)nc4-c4ccc(OC)c(OC)c4)c(=O)n3n2)cc1. The van der Waals surface area contributed by atoms with E-state index in [1.54, 1.807) is 25.0 Å². The Hall–Kier alpha value is -5.22. The first kappa shape index (κ1) is 26.0. The highest BCUT2D eigenvalue weighted by atomic mass is 32.1. The van der Waals surface area contributed by atoms with Crippen molar-refractivity contribution in [3.63, 3.8) is 0 Å². The zero-order valence-electron chi connectivity index (χ0n) is 22.4. The van der Waals surface area contributed by atoms with Gasteiger partial charge in [-0.05, 0) is 60.7 Å². The molecule has 0 saturated heterocycles. The maximum Gasteiger partial charge on any atom is 0.291 e. The van der Waals surface area contributed by atoms with Gasteiger partial charge in [0.25, 0.3) is 5.56 Å². The van der Waals surface area contributed by atoms with Gasteiger partial charge >= 0.3 is 0 Å². The number of hydrogen-bond acceptors (Lipinski definition) is 8. The van der Waals surface area contributed by atoms with Crippen molar-refractivity contribution in [2.75, 3.05) is 20.8 Å². The fourth-order valence-corrected chi connectivity index (χ4v) is 5.27. The molecule has 41 heavy (non-hydrogen) atoms. The van der Waals surface area contributed by atoms with Crippen molar-refractivity contribution in [3.05, 3.63) is 112 Å². The number of methoxy groups -OCH3 is 2. The summed E-state index contributed by atoms with van der Waals surface area (Å²) in [7, 11) is 3.19. The summed E-state index contributed by atoms with van der Waals surface area (Å²) in [5, 5.41) is 9.35. The fraction of sp³-hybridized carbons (Fsp3) is 0.0968. The standard InChI is InChI=1S/C31H25N5O4S/c1-4-16-40-24-13-10-20(11-14-24)29-32-31-36(34-29)30(37)27(41-31)18-22-19-35(23-8-6-5-7-9-23)33-28(22)21-12-15-25(38-2)26(17-21)39-3/h4-15,17-19H,1,16H2,2-3H3/b27-18-. The molecule has 0 spiro atoms. The predicted octanol–water partition coefficient (Wildman–Crippen LogP) is 4.80. The number of fused-ring (bicyclic) bond motifs is 1. The molecular formula is C31H25N5O4S. The minimum atomic E-state index is -0.250. The Labute approximate surface area is 239 Å². The summed E-state index contributed by atoms with van der Waals surface area (Å²) < 4.78 is 20.1. The maximum atomic E-state index is 13.4. The van der Waals surface area contributed by atoms with E-state index in [9.17, 15) is 4.79 Å². The zero-order valence-corrected chi connectivity index (χ0v) is 23.2. The number of benzene rings is 3. The second-order valence-electron chi connectivity index (χ2n) is 8.95. The van der Waals surface area contributed by atoms with Gasteiger partial charge in [0.1, 0.15) is 18.1 Å². The van der Waals surface area contributed by atoms with Crippen LogP contribution in [-0.2, 0) is 0 Å². The molecule has 3 aromatic heterocycles. The van der Waals surface area contributed by atoms with Gasteiger partial charge in [-0.15, -0.1) is 5.10 Å². The first-order valence-electron chi connectivity index (χ1n) is 12.7. The predicted molar refractivity (Wildman–Crippen MR) is 159 cm³/mol. The number of nitrogens with zero attached hydrogens (tertiary/aromatic N) is 5. The van der Waals surface area contributed by atoms with E-state index in [0.29, 0.717) is 39.1 Å². The molecule has 0 bridgehead atoms. The fourth-order valence-electron chi connectivity index (χ4n) is 4.37. The van der Waals surface area contributed by atoms with E-state index in [1.165, 1.54) is 15.9 Å². The van der Waals surface area contributed by atoms with Crippen LogP contribution in [0.15, 0.2) is 96.4 Å². The van der Waals surface area contributed by atoms with Crippen LogP contribution in [0.3, 0.4) is 0 Å². The number of hydrogen-bond donors (Lipinski definition) is 0. The Balaban J connectivity index is 1.42. The maximum absolute atomic E-state index is 13.4. The lowest BCUT2D eigenvalue weighted by atomic mass is 10.1. The van der Waals surface area contributed by atoms with Crippen LogP contribution in [0.5, 0.6) is 17.2 Å². The van der Waals surface area contributed by atoms with E-state index in [4.69, 9.17) is 19.3 Å². The highest BCUT2D eigenvalue weighted by Gasteiger charge is 2.16. The Morgan fingerprint density at radius 1 is 0.927 bits per heavy atom. The third-order valence-corrected chi connectivity index (χ3v) is 7.33. The number of aromatic nitrogens is 5. The van der Waals surface area contributed by atoms with Crippen molar-refractivity contribution < 1.29 is 14.2 Å². The number of thiazole rings is 1. The molecule has 0 saturated carbocycles. The Bertz CT molecular complexity index is 1960. The summed E-state index contributed by atoms with van der Waals surface area (Å²) in [4.78, 5) is 18.5. The van der Waals surface area contributed by atoms with E-state index >= 15 is 0 Å². The summed E-state index contributed by atoms with van der Waals surface area (Å²) in [6, 6.07) is 22.8. The number of rotatable bonds is 9. The minimum Gasteiger partial charge on any atom is -0.493 e. The van der Waals surface area contributed by atoms with Crippen molar-refractivity contribution in [2.24, 2.45) is 0 Å². The minimum absolute atomic E-state index is 0.250. The normalized spacial score (nSPS) is 11.6. The van der Waals surface area contributed by atoms with Gasteiger partial charge in [0.15, 0.2) is 17.3 Å². The molecule has 3 heterocycles. The van der Waals surface area contributed by atoms with Crippen LogP contribution in [0.2, 0.25) is 0 Å². The van der Waals surface area contributed by atoms with Gasteiger partial charge in [0.2, 0.25) is 4.96 Å². The van der Waals surface area contributed by atoms with Crippen LogP contribution in [0.1, 0.15) is 5.56 Å². The van der Waals surface area contributed by atoms with E-state index in [2.05, 4.69) is 16.7 Å². The molecule has 10 heteroatoms. The summed E-state index contributed by atoms with van der Waals surface area (Å²) in [5.41, 5.74) is 3.70. The lowest BCUT2D eigenvalue weighted by Crippen LogP contribution is -2.23. The van der Waals surface area contributed by atoms with E-state index in [1.807, 2.05) is 85.1 Å². The third-order valence-electron chi connectivity index (χ3n) is 6.37. The molecule has 9 nitrogen and oxygen atoms in total. The Morgan fingerprint density at radius 2 is 1.68 bits per heavy atom. The topological polar surface area (TPSA) is 92.8 Å². The molecule has 0 amide bonds. The largest absolute Gasteiger partial charge is 0.493 e. The molecule has 204 valence electrons. The van der Waals surface area contributed by atoms with Crippen LogP contribution in [-0.4, -0.2) is 45.2 Å². The number of para-hydroxylation sites is 1. The van der Waals surface area contributed by atoms with Crippen molar-refractivity contribution in [1.82, 2.24) is 24.4 Å². The van der Waals surface area contributed by atoms with E-state index in [0.717, 1.165) is 28.1 Å². The van der Waals surface area contributed by atoms with Crippen molar-refractivity contribution in [3.8, 4) is 45.6 Å². The van der Waals surface area contributed by atoms with Crippen LogP contribution < -0.4 is 24.3 Å². The van der Waals surface area contributed by atoms with Crippen LogP contribution in [0.4, 0.5) is 0 Å². The molecule has 0 radical (unpaired) electrons. The summed E-state index contributed by atoms with van der Waals surface area (Å²) in [6.07, 6.45) is 5.41. The monoisotopic (exact) mass is 563 g/mol. The lowest BCUT2D eigenvalue weighted by molar-refractivity contribution is 0.355. The van der Waals surface area contributed by atoms with Gasteiger partial charge in [0, 0.05) is 22.9 Å². The molecule has 6 rings (SSSR count). The summed E-state index contributed by atoms with van der Waals surface area (Å²) in [6.45, 7) is 4.08. The molecule has 6 aromatic rings. The highest BCUT2D eigenvalue weighted by molar-refractivity contribution is 7.15. The van der Waals surface area contributed by atoms with Gasteiger partial charge in [-0.2, -0.15) is 14.6 Å². The average Bonchev–Trinajstić information content (AvgIpc) is 3.71. The van der Waals surface area contributed by atoms with Crippen LogP contribution in [0, 0.1) is 0 Å². The first-order chi connectivity index (χ1) is 20.1. The van der Waals surface area contributed by atoms with E-state index < -0.39 is 0 Å². The molecule has 3 aromatic carbocycles. The highest BCUT2D eigenvalue weighted by Crippen LogP contribution is 2.33. The third kappa shape index (κ3) is 5.08. The zero-order chi connectivity index (χ0) is 28.3. The van der Waals surface area contributed by atoms with Gasteiger partial charge in [0.05, 0.1) is 24.4 Å². The first-order valence-corrected chi connectivity index (χ1v) is 13.5. The summed E-state index contributed by atoms with van der Waals surface area (Å²) in [5.74, 6) is 2.39. The summed E-state index contributed by atoms with van der Waals surface area (Å²) >= 11 is 1.27. The average molecular weight is 564 g/mol.